The number of ether oxygens (including phenoxy) is 1. The molecule has 1 heterocycles. The summed E-state index contributed by atoms with van der Waals surface area (Å²) >= 11 is 0. The molecule has 0 saturated carbocycles. The molecule has 0 bridgehead atoms. The topological polar surface area (TPSA) is 66.9 Å². The maximum atomic E-state index is 11.9. The van der Waals surface area contributed by atoms with Crippen molar-refractivity contribution in [3.8, 4) is 5.75 Å². The summed E-state index contributed by atoms with van der Waals surface area (Å²) in [6.45, 7) is 1.87. The van der Waals surface area contributed by atoms with Gasteiger partial charge in [-0.15, -0.1) is 0 Å². The van der Waals surface area contributed by atoms with Crippen molar-refractivity contribution in [3.05, 3.63) is 29.8 Å². The van der Waals surface area contributed by atoms with Crippen LogP contribution in [0.1, 0.15) is 12.5 Å². The van der Waals surface area contributed by atoms with Crippen molar-refractivity contribution in [2.24, 2.45) is 0 Å². The van der Waals surface area contributed by atoms with Gasteiger partial charge in [0.05, 0.1) is 13.7 Å². The van der Waals surface area contributed by atoms with E-state index in [1.54, 1.807) is 31.2 Å². The Labute approximate surface area is 110 Å². The number of carbonyl (C=O) groups excluding carboxylic acids is 3. The summed E-state index contributed by atoms with van der Waals surface area (Å²) in [5.74, 6) is -0.995. The van der Waals surface area contributed by atoms with E-state index >= 15 is 0 Å². The van der Waals surface area contributed by atoms with E-state index in [1.807, 2.05) is 0 Å². The van der Waals surface area contributed by atoms with Gasteiger partial charge >= 0.3 is 17.8 Å². The molecule has 6 nitrogen and oxygen atoms in total. The number of methoxy groups -OCH3 is 1. The van der Waals surface area contributed by atoms with Gasteiger partial charge in [0.15, 0.2) is 0 Å². The molecule has 0 unspecified atom stereocenters. The average Bonchev–Trinajstić information content (AvgIpc) is 2.63. The van der Waals surface area contributed by atoms with Crippen molar-refractivity contribution in [3.63, 3.8) is 0 Å². The molecule has 100 valence electrons. The van der Waals surface area contributed by atoms with E-state index in [4.69, 9.17) is 4.74 Å². The van der Waals surface area contributed by atoms with Gasteiger partial charge in [-0.3, -0.25) is 19.4 Å². The summed E-state index contributed by atoms with van der Waals surface area (Å²) in [6, 6.07) is 6.48. The minimum absolute atomic E-state index is 0.0317. The van der Waals surface area contributed by atoms with Crippen LogP contribution >= 0.6 is 0 Å². The van der Waals surface area contributed by atoms with Crippen molar-refractivity contribution in [1.82, 2.24) is 9.80 Å². The molecule has 0 spiro atoms. The number of likely N-dealkylation sites (N-methyl/N-ethyl adjacent to an activating group) is 1. The highest BCUT2D eigenvalue weighted by Crippen LogP contribution is 2.22. The maximum Gasteiger partial charge on any atom is 0.334 e. The number of para-hydroxylation sites is 1. The smallest absolute Gasteiger partial charge is 0.334 e. The largest absolute Gasteiger partial charge is 0.496 e. The number of rotatable bonds is 4. The highest BCUT2D eigenvalue weighted by atomic mass is 16.5. The number of urea groups is 1. The molecular formula is C13H14N2O4. The molecule has 1 aromatic carbocycles. The third kappa shape index (κ3) is 2.16. The first-order valence-electron chi connectivity index (χ1n) is 5.89. The zero-order valence-electron chi connectivity index (χ0n) is 10.8. The predicted molar refractivity (Wildman–Crippen MR) is 66.3 cm³/mol. The molecule has 0 aromatic heterocycles. The standard InChI is InChI=1S/C13H14N2O4/c1-3-14-11(16)12(17)15(13(14)18)8-9-6-4-5-7-10(9)19-2/h4-7H,3,8H2,1-2H3. The highest BCUT2D eigenvalue weighted by molar-refractivity contribution is 6.44. The Kier molecular flexibility index (Phi) is 3.50. The molecular weight excluding hydrogens is 248 g/mol. The molecule has 4 amide bonds. The van der Waals surface area contributed by atoms with Crippen LogP contribution in [-0.4, -0.2) is 41.3 Å². The number of nitrogens with zero attached hydrogens (tertiary/aromatic N) is 2. The van der Waals surface area contributed by atoms with Crippen molar-refractivity contribution in [1.29, 1.82) is 0 Å². The van der Waals surface area contributed by atoms with Crippen LogP contribution in [-0.2, 0) is 16.1 Å². The molecule has 19 heavy (non-hydrogen) atoms. The van der Waals surface area contributed by atoms with Crippen LogP contribution in [0.3, 0.4) is 0 Å². The van der Waals surface area contributed by atoms with Gasteiger partial charge in [0.25, 0.3) is 0 Å². The number of benzene rings is 1. The van der Waals surface area contributed by atoms with E-state index in [-0.39, 0.29) is 13.1 Å². The molecule has 1 saturated heterocycles. The van der Waals surface area contributed by atoms with Gasteiger partial charge < -0.3 is 4.74 Å². The SMILES string of the molecule is CCN1C(=O)C(=O)N(Cc2ccccc2OC)C1=O. The molecule has 0 atom stereocenters. The van der Waals surface area contributed by atoms with Gasteiger partial charge in [-0.2, -0.15) is 0 Å². The van der Waals surface area contributed by atoms with Gasteiger partial charge in [0, 0.05) is 12.1 Å². The maximum absolute atomic E-state index is 11.9. The van der Waals surface area contributed by atoms with Crippen LogP contribution in [0, 0.1) is 0 Å². The number of carbonyl (C=O) groups is 3. The molecule has 2 rings (SSSR count). The van der Waals surface area contributed by atoms with E-state index in [9.17, 15) is 14.4 Å². The second kappa shape index (κ2) is 5.09. The lowest BCUT2D eigenvalue weighted by molar-refractivity contribution is -0.143. The van der Waals surface area contributed by atoms with E-state index in [2.05, 4.69) is 0 Å². The first-order chi connectivity index (χ1) is 9.10. The Morgan fingerprint density at radius 3 is 2.26 bits per heavy atom. The fourth-order valence-electron chi connectivity index (χ4n) is 1.97. The van der Waals surface area contributed by atoms with Crippen molar-refractivity contribution < 1.29 is 19.1 Å². The zero-order chi connectivity index (χ0) is 14.0. The fraction of sp³-hybridized carbons (Fsp3) is 0.308. The van der Waals surface area contributed by atoms with Gasteiger partial charge in [0.2, 0.25) is 0 Å². The average molecular weight is 262 g/mol. The lowest BCUT2D eigenvalue weighted by Gasteiger charge is -2.15. The molecule has 0 N–H and O–H groups in total. The fourth-order valence-corrected chi connectivity index (χ4v) is 1.97. The minimum atomic E-state index is -0.794. The zero-order valence-corrected chi connectivity index (χ0v) is 10.8. The number of imide groups is 2. The molecule has 0 aliphatic carbocycles. The summed E-state index contributed by atoms with van der Waals surface area (Å²) in [5.41, 5.74) is 0.678. The van der Waals surface area contributed by atoms with Crippen LogP contribution in [0.5, 0.6) is 5.75 Å². The van der Waals surface area contributed by atoms with Gasteiger partial charge in [-0.1, -0.05) is 18.2 Å². The van der Waals surface area contributed by atoms with Crippen molar-refractivity contribution in [2.75, 3.05) is 13.7 Å². The van der Waals surface area contributed by atoms with E-state index in [0.29, 0.717) is 11.3 Å². The molecule has 6 heteroatoms. The summed E-state index contributed by atoms with van der Waals surface area (Å²) in [7, 11) is 1.51. The number of hydrogen-bond acceptors (Lipinski definition) is 4. The lowest BCUT2D eigenvalue weighted by Crippen LogP contribution is -2.32. The Balaban J connectivity index is 2.26. The summed E-state index contributed by atoms with van der Waals surface area (Å²) < 4.78 is 5.16. The Hall–Kier alpha value is -2.37. The quantitative estimate of drug-likeness (QED) is 0.600. The van der Waals surface area contributed by atoms with Crippen LogP contribution in [0.25, 0.3) is 0 Å². The van der Waals surface area contributed by atoms with Crippen LogP contribution in [0.15, 0.2) is 24.3 Å². The highest BCUT2D eigenvalue weighted by Gasteiger charge is 2.43. The monoisotopic (exact) mass is 262 g/mol. The second-order valence-electron chi connectivity index (χ2n) is 4.04. The third-order valence-electron chi connectivity index (χ3n) is 2.97. The number of amides is 4. The van der Waals surface area contributed by atoms with E-state index in [1.165, 1.54) is 7.11 Å². The van der Waals surface area contributed by atoms with Crippen LogP contribution in [0.2, 0.25) is 0 Å². The summed E-state index contributed by atoms with van der Waals surface area (Å²) in [5, 5.41) is 0. The van der Waals surface area contributed by atoms with E-state index in [0.717, 1.165) is 9.80 Å². The van der Waals surface area contributed by atoms with Gasteiger partial charge in [-0.25, -0.2) is 4.79 Å². The van der Waals surface area contributed by atoms with Gasteiger partial charge in [0.1, 0.15) is 5.75 Å². The Morgan fingerprint density at radius 2 is 1.68 bits per heavy atom. The Morgan fingerprint density at radius 1 is 1.05 bits per heavy atom. The predicted octanol–water partition coefficient (Wildman–Crippen LogP) is 1.01. The second-order valence-corrected chi connectivity index (χ2v) is 4.04. The van der Waals surface area contributed by atoms with Crippen molar-refractivity contribution >= 4 is 17.8 Å². The first kappa shape index (κ1) is 13.1. The molecule has 1 aliphatic heterocycles. The van der Waals surface area contributed by atoms with E-state index < -0.39 is 17.8 Å². The number of hydrogen-bond donors (Lipinski definition) is 0. The van der Waals surface area contributed by atoms with Gasteiger partial charge in [-0.05, 0) is 13.0 Å². The first-order valence-corrected chi connectivity index (χ1v) is 5.89. The third-order valence-corrected chi connectivity index (χ3v) is 2.97. The summed E-state index contributed by atoms with van der Waals surface area (Å²) in [6.07, 6.45) is 0. The molecule has 1 fully saturated rings. The Bertz CT molecular complexity index is 541. The van der Waals surface area contributed by atoms with Crippen molar-refractivity contribution in [2.45, 2.75) is 13.5 Å². The summed E-state index contributed by atoms with van der Waals surface area (Å²) in [4.78, 5) is 37.1. The molecule has 0 radical (unpaired) electrons. The minimum Gasteiger partial charge on any atom is -0.496 e. The molecule has 1 aliphatic rings. The molecule has 1 aromatic rings. The van der Waals surface area contributed by atoms with Crippen LogP contribution < -0.4 is 4.74 Å². The lowest BCUT2D eigenvalue weighted by atomic mass is 10.2. The normalized spacial score (nSPS) is 15.4. The van der Waals surface area contributed by atoms with Crippen LogP contribution in [0.4, 0.5) is 4.79 Å².